The fourth-order valence-corrected chi connectivity index (χ4v) is 7.01. The van der Waals surface area contributed by atoms with E-state index in [1.54, 1.807) is 12.1 Å². The molecule has 0 fully saturated rings. The molecule has 0 aliphatic rings. The lowest BCUT2D eigenvalue weighted by Gasteiger charge is -2.27. The molecule has 0 nitrogen and oxygen atoms in total. The molecule has 7 aromatic rings. The Kier molecular flexibility index (Phi) is 29.2. The molecular weight excluding hydrogens is 910 g/mol. The third-order valence-corrected chi connectivity index (χ3v) is 12.0. The van der Waals surface area contributed by atoms with Crippen LogP contribution in [0, 0.1) is 72.1 Å². The molecule has 0 aliphatic heterocycles. The lowest BCUT2D eigenvalue weighted by Crippen LogP contribution is -2.34. The lowest BCUT2D eigenvalue weighted by molar-refractivity contribution is -0.211. The second-order valence-electron chi connectivity index (χ2n) is 23.8. The van der Waals surface area contributed by atoms with Crippen molar-refractivity contribution >= 4 is 0 Å². The SMILES string of the molecule is Cc1ccc(C(C)(C)C)cc1.Cc1ccc(C(C)C)cc1.Cc1ccc(C)cc1.Cc1ccc(CC(C)(C)C(F)(F)F)cc1.Cc1ccc(CC(C)(C)C)cc1.Cc1ccc(CC(C)C)cc1.Cc1ccccc1. The number of hydrogen-bond donors (Lipinski definition) is 0. The minimum absolute atomic E-state index is 0.0246. The maximum atomic E-state index is 12.6. The van der Waals surface area contributed by atoms with Crippen LogP contribution >= 0.6 is 0 Å². The zero-order valence-electron chi connectivity index (χ0n) is 49.7. The largest absolute Gasteiger partial charge is 0.394 e. The highest BCUT2D eigenvalue weighted by molar-refractivity contribution is 5.28. The van der Waals surface area contributed by atoms with E-state index in [4.69, 9.17) is 0 Å². The molecule has 3 heteroatoms. The summed E-state index contributed by atoms with van der Waals surface area (Å²) >= 11 is 0. The number of alkyl halides is 3. The normalized spacial score (nSPS) is 11.0. The van der Waals surface area contributed by atoms with Crippen molar-refractivity contribution in [2.75, 3.05) is 0 Å². The van der Waals surface area contributed by atoms with Gasteiger partial charge in [-0.05, 0) is 125 Å². The van der Waals surface area contributed by atoms with Gasteiger partial charge in [-0.3, -0.25) is 0 Å². The van der Waals surface area contributed by atoms with E-state index >= 15 is 0 Å². The molecule has 0 aromatic heterocycles. The molecule has 402 valence electrons. The van der Waals surface area contributed by atoms with Crippen molar-refractivity contribution in [3.63, 3.8) is 0 Å². The highest BCUT2D eigenvalue weighted by atomic mass is 19.4. The fraction of sp³-hybridized carbons (Fsp3) is 0.408. The molecule has 0 spiro atoms. The van der Waals surface area contributed by atoms with E-state index in [-0.39, 0.29) is 11.8 Å². The molecule has 7 rings (SSSR count). The summed E-state index contributed by atoms with van der Waals surface area (Å²) in [4.78, 5) is 0. The van der Waals surface area contributed by atoms with Gasteiger partial charge in [0.1, 0.15) is 0 Å². The van der Waals surface area contributed by atoms with Crippen molar-refractivity contribution in [3.8, 4) is 0 Å². The van der Waals surface area contributed by atoms with E-state index in [1.165, 1.54) is 81.5 Å². The van der Waals surface area contributed by atoms with Crippen LogP contribution in [0.15, 0.2) is 176 Å². The minimum Gasteiger partial charge on any atom is -0.171 e. The van der Waals surface area contributed by atoms with Crippen LogP contribution in [0.2, 0.25) is 0 Å². The molecule has 0 radical (unpaired) electrons. The summed E-state index contributed by atoms with van der Waals surface area (Å²) in [6.45, 7) is 41.6. The van der Waals surface area contributed by atoms with Gasteiger partial charge >= 0.3 is 6.18 Å². The summed E-state index contributed by atoms with van der Waals surface area (Å²) in [6.07, 6.45) is -1.78. The van der Waals surface area contributed by atoms with Crippen LogP contribution in [0.4, 0.5) is 13.2 Å². The number of rotatable bonds is 6. The van der Waals surface area contributed by atoms with Gasteiger partial charge in [0, 0.05) is 0 Å². The number of aryl methyl sites for hydroxylation is 8. The summed E-state index contributed by atoms with van der Waals surface area (Å²) < 4.78 is 37.8. The van der Waals surface area contributed by atoms with Crippen molar-refractivity contribution in [1.82, 2.24) is 0 Å². The molecule has 74 heavy (non-hydrogen) atoms. The summed E-state index contributed by atoms with van der Waals surface area (Å²) in [5.74, 6) is 1.42. The van der Waals surface area contributed by atoms with Crippen molar-refractivity contribution in [2.24, 2.45) is 16.7 Å². The quantitative estimate of drug-likeness (QED) is 0.156. The van der Waals surface area contributed by atoms with Gasteiger partial charge in [-0.1, -0.05) is 304 Å². The predicted octanol–water partition coefficient (Wildman–Crippen LogP) is 21.6. The first kappa shape index (κ1) is 66.3. The third kappa shape index (κ3) is 31.2. The third-order valence-electron chi connectivity index (χ3n) is 12.0. The smallest absolute Gasteiger partial charge is 0.171 e. The molecule has 0 N–H and O–H groups in total. The topological polar surface area (TPSA) is 0 Å². The molecule has 7 aromatic carbocycles. The Labute approximate surface area is 451 Å². The molecule has 0 saturated carbocycles. The molecule has 0 aliphatic carbocycles. The molecular formula is C71H97F3. The molecule has 0 bridgehead atoms. The van der Waals surface area contributed by atoms with Gasteiger partial charge in [0.25, 0.3) is 0 Å². The molecule has 0 heterocycles. The van der Waals surface area contributed by atoms with Gasteiger partial charge in [0.15, 0.2) is 0 Å². The van der Waals surface area contributed by atoms with E-state index in [9.17, 15) is 13.2 Å². The maximum Gasteiger partial charge on any atom is 0.394 e. The summed E-state index contributed by atoms with van der Waals surface area (Å²) in [6, 6.07) is 61.0. The van der Waals surface area contributed by atoms with Crippen molar-refractivity contribution in [3.05, 3.63) is 248 Å². The first-order valence-electron chi connectivity index (χ1n) is 26.7. The monoisotopic (exact) mass is 1010 g/mol. The Hall–Kier alpha value is -5.67. The minimum atomic E-state index is -4.15. The molecule has 0 amide bonds. The van der Waals surface area contributed by atoms with Crippen LogP contribution in [-0.4, -0.2) is 6.18 Å². The van der Waals surface area contributed by atoms with E-state index in [0.29, 0.717) is 11.3 Å². The Morgan fingerprint density at radius 1 is 0.338 bits per heavy atom. The van der Waals surface area contributed by atoms with E-state index in [1.807, 2.05) is 37.3 Å². The summed E-state index contributed by atoms with van der Waals surface area (Å²) in [5.41, 5.74) is 15.9. The van der Waals surface area contributed by atoms with Crippen LogP contribution < -0.4 is 0 Å². The van der Waals surface area contributed by atoms with Gasteiger partial charge < -0.3 is 0 Å². The van der Waals surface area contributed by atoms with Crippen LogP contribution in [0.5, 0.6) is 0 Å². The Bertz CT molecular complexity index is 2470. The molecule has 0 atom stereocenters. The predicted molar refractivity (Wildman–Crippen MR) is 321 cm³/mol. The summed E-state index contributed by atoms with van der Waals surface area (Å²) in [7, 11) is 0. The van der Waals surface area contributed by atoms with E-state index < -0.39 is 11.6 Å². The summed E-state index contributed by atoms with van der Waals surface area (Å²) in [5, 5.41) is 0. The van der Waals surface area contributed by atoms with Crippen molar-refractivity contribution in [1.29, 1.82) is 0 Å². The van der Waals surface area contributed by atoms with Crippen LogP contribution in [0.1, 0.15) is 161 Å². The highest BCUT2D eigenvalue weighted by Crippen LogP contribution is 2.40. The first-order chi connectivity index (χ1) is 34.3. The Morgan fingerprint density at radius 2 is 0.622 bits per heavy atom. The lowest BCUT2D eigenvalue weighted by atomic mass is 9.85. The Morgan fingerprint density at radius 3 is 0.892 bits per heavy atom. The van der Waals surface area contributed by atoms with Crippen LogP contribution in [-0.2, 0) is 24.7 Å². The Balaban J connectivity index is 0.000000436. The zero-order valence-corrected chi connectivity index (χ0v) is 49.7. The van der Waals surface area contributed by atoms with Crippen molar-refractivity contribution in [2.45, 2.75) is 175 Å². The second kappa shape index (κ2) is 32.6. The van der Waals surface area contributed by atoms with Crippen LogP contribution in [0.3, 0.4) is 0 Å². The fourth-order valence-electron chi connectivity index (χ4n) is 7.01. The maximum absolute atomic E-state index is 12.6. The zero-order chi connectivity index (χ0) is 56.3. The van der Waals surface area contributed by atoms with E-state index in [2.05, 4.69) is 251 Å². The van der Waals surface area contributed by atoms with Crippen molar-refractivity contribution < 1.29 is 13.2 Å². The number of hydrogen-bond acceptors (Lipinski definition) is 0. The van der Waals surface area contributed by atoms with Crippen LogP contribution in [0.25, 0.3) is 0 Å². The standard InChI is InChI=1S/C12H15F3.C12H18.2C11H16.C10H14.C8H10.C7H8/c1-9-4-6-10(7-5-9)8-11(2,3)12(13,14)15;1-10-5-7-11(8-6-10)9-12(2,3)4;1-9-5-7-10(8-6-9)11(2,3)4;1-9(2)8-11-6-4-10(3)5-7-11;1-8(2)10-6-4-9(3)5-7-10;1-7-3-5-8(2)6-4-7;1-7-5-3-2-4-6-7/h4-7H,8H2,1-3H3;5-8H,9H2,1-4H3;5-8H,1-4H3;4-7,9H,8H2,1-3H3;4-8H,1-3H3;3-6H,1-2H3;2-6H,1H3. The van der Waals surface area contributed by atoms with E-state index in [0.717, 1.165) is 23.5 Å². The van der Waals surface area contributed by atoms with Gasteiger partial charge in [-0.15, -0.1) is 0 Å². The van der Waals surface area contributed by atoms with Gasteiger partial charge in [-0.25, -0.2) is 0 Å². The second-order valence-corrected chi connectivity index (χ2v) is 23.8. The van der Waals surface area contributed by atoms with Gasteiger partial charge in [0.05, 0.1) is 5.41 Å². The number of benzene rings is 7. The first-order valence-corrected chi connectivity index (χ1v) is 26.7. The highest BCUT2D eigenvalue weighted by Gasteiger charge is 2.46. The molecule has 0 saturated heterocycles. The average Bonchev–Trinajstić information content (AvgIpc) is 3.30. The van der Waals surface area contributed by atoms with Gasteiger partial charge in [0.2, 0.25) is 0 Å². The number of halogens is 3. The average molecular weight is 1010 g/mol. The van der Waals surface area contributed by atoms with Gasteiger partial charge in [-0.2, -0.15) is 13.2 Å². The molecule has 0 unspecified atom stereocenters.